The summed E-state index contributed by atoms with van der Waals surface area (Å²) in [4.78, 5) is 33.3. The lowest BCUT2D eigenvalue weighted by Gasteiger charge is -2.20. The van der Waals surface area contributed by atoms with E-state index in [1.807, 2.05) is 12.2 Å². The minimum Gasteiger partial charge on any atom is -0.456 e. The molecule has 1 amide bonds. The maximum Gasteiger partial charge on any atom is 0.338 e. The molecule has 0 spiro atoms. The average Bonchev–Trinajstić information content (AvgIpc) is 3.13. The van der Waals surface area contributed by atoms with Crippen molar-refractivity contribution >= 4 is 18.0 Å². The van der Waals surface area contributed by atoms with Crippen LogP contribution in [0.2, 0.25) is 0 Å². The zero-order valence-corrected chi connectivity index (χ0v) is 16.3. The molecule has 0 aromatic carbocycles. The van der Waals surface area contributed by atoms with Crippen molar-refractivity contribution in [2.75, 3.05) is 7.05 Å². The fourth-order valence-corrected chi connectivity index (χ4v) is 2.97. The number of rotatable bonds is 4. The molecular weight excluding hydrogens is 358 g/mol. The van der Waals surface area contributed by atoms with Crippen molar-refractivity contribution in [1.29, 1.82) is 0 Å². The Hall–Kier alpha value is -3.06. The van der Waals surface area contributed by atoms with Crippen LogP contribution in [0.15, 0.2) is 30.5 Å². The number of amides is 1. The Kier molecular flexibility index (Phi) is 5.29. The Morgan fingerprint density at radius 2 is 2.04 bits per heavy atom. The van der Waals surface area contributed by atoms with Gasteiger partial charge in [-0.3, -0.25) is 9.78 Å². The third kappa shape index (κ3) is 4.09. The monoisotopic (exact) mass is 381 g/mol. The van der Waals surface area contributed by atoms with E-state index in [1.165, 1.54) is 19.2 Å². The van der Waals surface area contributed by atoms with Crippen molar-refractivity contribution in [2.24, 2.45) is 0 Å². The summed E-state index contributed by atoms with van der Waals surface area (Å²) in [5.41, 5.74) is 2.00. The van der Waals surface area contributed by atoms with Gasteiger partial charge < -0.3 is 15.2 Å². The molecule has 1 aliphatic carbocycles. The van der Waals surface area contributed by atoms with Gasteiger partial charge in [-0.1, -0.05) is 12.2 Å². The highest BCUT2D eigenvalue weighted by atomic mass is 16.6. The summed E-state index contributed by atoms with van der Waals surface area (Å²) in [7, 11) is 1.47. The Bertz CT molecular complexity index is 961. The van der Waals surface area contributed by atoms with Crippen LogP contribution in [0.3, 0.4) is 0 Å². The van der Waals surface area contributed by atoms with Gasteiger partial charge in [0.15, 0.2) is 0 Å². The van der Waals surface area contributed by atoms with Crippen LogP contribution in [0.25, 0.3) is 6.08 Å². The predicted molar refractivity (Wildman–Crippen MR) is 104 cm³/mol. The molecule has 2 aromatic heterocycles. The van der Waals surface area contributed by atoms with E-state index in [1.54, 1.807) is 33.0 Å². The van der Waals surface area contributed by atoms with E-state index in [-0.39, 0.29) is 17.0 Å². The van der Waals surface area contributed by atoms with Crippen molar-refractivity contribution in [3.8, 4) is 0 Å². The maximum atomic E-state index is 12.5. The summed E-state index contributed by atoms with van der Waals surface area (Å²) in [5, 5.41) is 13.5. The molecule has 0 bridgehead atoms. The van der Waals surface area contributed by atoms with E-state index >= 15 is 0 Å². The van der Waals surface area contributed by atoms with Crippen LogP contribution in [0, 0.1) is 0 Å². The van der Waals surface area contributed by atoms with Crippen LogP contribution in [-0.4, -0.2) is 39.6 Å². The first kappa shape index (κ1) is 19.7. The van der Waals surface area contributed by atoms with Crippen LogP contribution < -0.4 is 5.32 Å². The first-order valence-corrected chi connectivity index (χ1v) is 8.99. The van der Waals surface area contributed by atoms with Crippen molar-refractivity contribution in [3.05, 3.63) is 64.2 Å². The number of aliphatic hydroxyl groups is 1. The number of ether oxygens (including phenoxy) is 1. The lowest BCUT2D eigenvalue weighted by atomic mass is 9.99. The molecule has 2 heterocycles. The van der Waals surface area contributed by atoms with E-state index in [4.69, 9.17) is 4.74 Å². The van der Waals surface area contributed by atoms with Gasteiger partial charge in [-0.15, -0.1) is 0 Å². The van der Waals surface area contributed by atoms with Gasteiger partial charge in [0.1, 0.15) is 17.4 Å². The van der Waals surface area contributed by atoms with E-state index in [2.05, 4.69) is 15.3 Å². The molecule has 0 saturated carbocycles. The predicted octanol–water partition coefficient (Wildman–Crippen LogP) is 2.44. The highest BCUT2D eigenvalue weighted by Crippen LogP contribution is 2.30. The number of nitrogens with zero attached hydrogens (tertiary/aromatic N) is 2. The van der Waals surface area contributed by atoms with Crippen molar-refractivity contribution < 1.29 is 19.4 Å². The number of carbonyl (C=O) groups is 2. The second kappa shape index (κ2) is 7.52. The number of nitrogens with one attached hydrogen (secondary N) is 1. The number of aromatic nitrogens is 2. The standard InChI is InChI=1S/C21H23N3O4/c1-21(2,3)28-20(27)12-10-16(24-17(11-12)19(26)22-4)18(25)14-8-9-23-15-7-5-6-13(14)15/h5-6,8-11,18,25H,7H2,1-4H3,(H,22,26). The Morgan fingerprint density at radius 3 is 2.71 bits per heavy atom. The molecular formula is C21H23N3O4. The largest absolute Gasteiger partial charge is 0.456 e. The fraction of sp³-hybridized carbons (Fsp3) is 0.333. The molecule has 0 saturated heterocycles. The number of hydrogen-bond acceptors (Lipinski definition) is 6. The van der Waals surface area contributed by atoms with Crippen LogP contribution >= 0.6 is 0 Å². The van der Waals surface area contributed by atoms with Gasteiger partial charge in [-0.25, -0.2) is 9.78 Å². The molecule has 28 heavy (non-hydrogen) atoms. The summed E-state index contributed by atoms with van der Waals surface area (Å²) in [6.45, 7) is 5.27. The molecule has 7 nitrogen and oxygen atoms in total. The normalized spacial score (nSPS) is 13.8. The first-order chi connectivity index (χ1) is 13.2. The third-order valence-electron chi connectivity index (χ3n) is 4.22. The maximum absolute atomic E-state index is 12.5. The topological polar surface area (TPSA) is 101 Å². The Labute approximate surface area is 163 Å². The number of hydrogen-bond donors (Lipinski definition) is 2. The molecule has 0 fully saturated rings. The second-order valence-electron chi connectivity index (χ2n) is 7.52. The van der Waals surface area contributed by atoms with Crippen LogP contribution in [0.4, 0.5) is 0 Å². The second-order valence-corrected chi connectivity index (χ2v) is 7.52. The zero-order chi connectivity index (χ0) is 20.5. The fourth-order valence-electron chi connectivity index (χ4n) is 2.97. The third-order valence-corrected chi connectivity index (χ3v) is 4.22. The molecule has 3 rings (SSSR count). The first-order valence-electron chi connectivity index (χ1n) is 8.99. The minimum absolute atomic E-state index is 0.0288. The van der Waals surface area contributed by atoms with Gasteiger partial charge in [-0.05, 0) is 44.5 Å². The summed E-state index contributed by atoms with van der Waals surface area (Å²) in [6.07, 6.45) is 5.07. The van der Waals surface area contributed by atoms with Crippen LogP contribution in [0.5, 0.6) is 0 Å². The highest BCUT2D eigenvalue weighted by molar-refractivity contribution is 5.96. The zero-order valence-electron chi connectivity index (χ0n) is 16.3. The SMILES string of the molecule is CNC(=O)c1cc(C(=O)OC(C)(C)C)cc(C(O)c2ccnc3c2C=CC3)n1. The number of allylic oxidation sites excluding steroid dienone is 1. The van der Waals surface area contributed by atoms with Crippen molar-refractivity contribution in [3.63, 3.8) is 0 Å². The summed E-state index contributed by atoms with van der Waals surface area (Å²) < 4.78 is 5.41. The number of aliphatic hydroxyl groups excluding tert-OH is 1. The molecule has 1 atom stereocenters. The minimum atomic E-state index is -1.12. The van der Waals surface area contributed by atoms with E-state index in [0.29, 0.717) is 12.0 Å². The molecule has 1 aliphatic rings. The van der Waals surface area contributed by atoms with Gasteiger partial charge in [0.05, 0.1) is 17.0 Å². The van der Waals surface area contributed by atoms with Gasteiger partial charge in [0.25, 0.3) is 5.91 Å². The summed E-state index contributed by atoms with van der Waals surface area (Å²) in [6, 6.07) is 4.53. The number of carbonyl (C=O) groups excluding carboxylic acids is 2. The molecule has 146 valence electrons. The van der Waals surface area contributed by atoms with E-state index in [9.17, 15) is 14.7 Å². The van der Waals surface area contributed by atoms with Crippen molar-refractivity contribution in [2.45, 2.75) is 38.9 Å². The number of fused-ring (bicyclic) bond motifs is 1. The molecule has 1 unspecified atom stereocenters. The molecule has 0 radical (unpaired) electrons. The number of pyridine rings is 2. The quantitative estimate of drug-likeness (QED) is 0.789. The van der Waals surface area contributed by atoms with Gasteiger partial charge in [0, 0.05) is 25.2 Å². The molecule has 2 aromatic rings. The van der Waals surface area contributed by atoms with Gasteiger partial charge in [-0.2, -0.15) is 0 Å². The average molecular weight is 381 g/mol. The van der Waals surface area contributed by atoms with Crippen LogP contribution in [0.1, 0.15) is 70.2 Å². The number of esters is 1. The highest BCUT2D eigenvalue weighted by Gasteiger charge is 2.25. The van der Waals surface area contributed by atoms with E-state index < -0.39 is 23.6 Å². The molecule has 7 heteroatoms. The van der Waals surface area contributed by atoms with Crippen LogP contribution in [-0.2, 0) is 11.2 Å². The molecule has 0 aliphatic heterocycles. The Morgan fingerprint density at radius 1 is 1.29 bits per heavy atom. The lowest BCUT2D eigenvalue weighted by molar-refractivity contribution is 0.00691. The van der Waals surface area contributed by atoms with Gasteiger partial charge in [0.2, 0.25) is 0 Å². The van der Waals surface area contributed by atoms with E-state index in [0.717, 1.165) is 11.3 Å². The summed E-state index contributed by atoms with van der Waals surface area (Å²) in [5.74, 6) is -1.05. The van der Waals surface area contributed by atoms with Gasteiger partial charge >= 0.3 is 5.97 Å². The van der Waals surface area contributed by atoms with Crippen molar-refractivity contribution in [1.82, 2.24) is 15.3 Å². The smallest absolute Gasteiger partial charge is 0.338 e. The lowest BCUT2D eigenvalue weighted by Crippen LogP contribution is -2.25. The Balaban J connectivity index is 2.06. The summed E-state index contributed by atoms with van der Waals surface area (Å²) >= 11 is 0. The molecule has 2 N–H and O–H groups in total.